The molecule has 1 heterocycles. The van der Waals surface area contributed by atoms with E-state index >= 15 is 0 Å². The fourth-order valence-electron chi connectivity index (χ4n) is 9.82. The quantitative estimate of drug-likeness (QED) is 0.0232. The van der Waals surface area contributed by atoms with Crippen molar-refractivity contribution in [2.24, 2.45) is 0 Å². The van der Waals surface area contributed by atoms with Gasteiger partial charge in [0.15, 0.2) is 6.29 Å². The standard InChI is InChI=1S/C62H117NO9/c1-3-5-7-9-11-13-15-16-17-18-19-20-21-22-23-24-25-26-27-28-29-30-31-32-33-34-35-36-37-38-39-41-43-45-47-49-51-56(66)61(70)63-54(53-71-62-60(69)59(68)58(67)57(52-64)72-62)55(65)50-48-46-44-42-40-14-12-10-8-6-4-2/h26-27,40,42,48,50,54-60,62,64-69H,3-25,28-39,41,43-47,49,51-53H2,1-2H3,(H,63,70)/b27-26-,42-40+,50-48+. The van der Waals surface area contributed by atoms with E-state index in [-0.39, 0.29) is 6.61 Å². The van der Waals surface area contributed by atoms with Crippen molar-refractivity contribution in [2.75, 3.05) is 13.2 Å². The second kappa shape index (κ2) is 51.5. The zero-order valence-corrected chi connectivity index (χ0v) is 46.8. The first-order chi connectivity index (χ1) is 35.3. The average Bonchev–Trinajstić information content (AvgIpc) is 3.38. The Balaban J connectivity index is 2.08. The number of carbonyl (C=O) groups excluding carboxylic acids is 1. The Morgan fingerprint density at radius 3 is 1.21 bits per heavy atom. The summed E-state index contributed by atoms with van der Waals surface area (Å²) in [6.45, 7) is 3.59. The minimum atomic E-state index is -1.61. The van der Waals surface area contributed by atoms with Gasteiger partial charge in [-0.2, -0.15) is 0 Å². The van der Waals surface area contributed by atoms with Crippen molar-refractivity contribution in [3.8, 4) is 0 Å². The SMILES string of the molecule is CCCCCCC/C=C/CC/C=C/C(O)C(COC1OC(CO)C(O)C(O)C1O)NC(=O)C(O)CCCCCCCCCCCCCCCCCC/C=C\CCCCCCCCCCCCCCCCCC. The Morgan fingerprint density at radius 2 is 0.819 bits per heavy atom. The number of aliphatic hydroxyl groups is 6. The van der Waals surface area contributed by atoms with E-state index in [1.807, 2.05) is 6.08 Å². The van der Waals surface area contributed by atoms with E-state index in [1.165, 1.54) is 225 Å². The summed E-state index contributed by atoms with van der Waals surface area (Å²) in [5, 5.41) is 64.8. The number of allylic oxidation sites excluding steroid dienone is 5. The summed E-state index contributed by atoms with van der Waals surface area (Å²) in [7, 11) is 0. The summed E-state index contributed by atoms with van der Waals surface area (Å²) in [4.78, 5) is 13.1. The molecule has 0 saturated carbocycles. The molecule has 8 unspecified atom stereocenters. The summed E-state index contributed by atoms with van der Waals surface area (Å²) >= 11 is 0. The first kappa shape index (κ1) is 68.4. The molecule has 1 saturated heterocycles. The molecule has 10 heteroatoms. The number of hydrogen-bond acceptors (Lipinski definition) is 9. The number of hydrogen-bond donors (Lipinski definition) is 7. The number of nitrogens with one attached hydrogen (secondary N) is 1. The minimum absolute atomic E-state index is 0.306. The Bertz CT molecular complexity index is 1240. The van der Waals surface area contributed by atoms with Gasteiger partial charge in [0.25, 0.3) is 0 Å². The van der Waals surface area contributed by atoms with Gasteiger partial charge in [-0.15, -0.1) is 0 Å². The van der Waals surface area contributed by atoms with Crippen LogP contribution in [0.3, 0.4) is 0 Å². The van der Waals surface area contributed by atoms with E-state index in [0.717, 1.165) is 32.1 Å². The number of ether oxygens (including phenoxy) is 2. The molecule has 1 amide bonds. The second-order valence-electron chi connectivity index (χ2n) is 21.6. The van der Waals surface area contributed by atoms with Crippen LogP contribution in [0.2, 0.25) is 0 Å². The van der Waals surface area contributed by atoms with Gasteiger partial charge in [0.05, 0.1) is 25.4 Å². The van der Waals surface area contributed by atoms with Crippen LogP contribution in [-0.4, -0.2) is 98.7 Å². The molecule has 424 valence electrons. The maximum absolute atomic E-state index is 13.1. The highest BCUT2D eigenvalue weighted by atomic mass is 16.7. The van der Waals surface area contributed by atoms with Crippen molar-refractivity contribution in [2.45, 2.75) is 339 Å². The molecule has 1 fully saturated rings. The lowest BCUT2D eigenvalue weighted by Gasteiger charge is -2.40. The van der Waals surface area contributed by atoms with E-state index in [1.54, 1.807) is 6.08 Å². The lowest BCUT2D eigenvalue weighted by atomic mass is 9.99. The number of aliphatic hydroxyl groups excluding tert-OH is 6. The molecule has 1 aliphatic rings. The van der Waals surface area contributed by atoms with Crippen molar-refractivity contribution in [3.63, 3.8) is 0 Å². The smallest absolute Gasteiger partial charge is 0.249 e. The molecule has 72 heavy (non-hydrogen) atoms. The third-order valence-corrected chi connectivity index (χ3v) is 14.8. The van der Waals surface area contributed by atoms with Crippen LogP contribution < -0.4 is 5.32 Å². The molecule has 10 nitrogen and oxygen atoms in total. The van der Waals surface area contributed by atoms with E-state index in [4.69, 9.17) is 9.47 Å². The van der Waals surface area contributed by atoms with Crippen molar-refractivity contribution in [1.82, 2.24) is 5.32 Å². The molecule has 1 rings (SSSR count). The molecule has 1 aliphatic heterocycles. The molecule has 7 N–H and O–H groups in total. The van der Waals surface area contributed by atoms with Crippen molar-refractivity contribution in [1.29, 1.82) is 0 Å². The van der Waals surface area contributed by atoms with Gasteiger partial charge in [0.2, 0.25) is 5.91 Å². The highest BCUT2D eigenvalue weighted by Gasteiger charge is 2.44. The minimum Gasteiger partial charge on any atom is -0.394 e. The number of unbranched alkanes of at least 4 members (excludes halogenated alkanes) is 38. The van der Waals surface area contributed by atoms with E-state index < -0.39 is 61.5 Å². The summed E-state index contributed by atoms with van der Waals surface area (Å²) in [5.41, 5.74) is 0. The third-order valence-electron chi connectivity index (χ3n) is 14.8. The van der Waals surface area contributed by atoms with Crippen molar-refractivity contribution in [3.05, 3.63) is 36.5 Å². The number of amides is 1. The molecule has 0 aromatic heterocycles. The lowest BCUT2D eigenvalue weighted by Crippen LogP contribution is -2.60. The largest absolute Gasteiger partial charge is 0.394 e. The van der Waals surface area contributed by atoms with Crippen LogP contribution >= 0.6 is 0 Å². The fourth-order valence-corrected chi connectivity index (χ4v) is 9.82. The Labute approximate surface area is 443 Å². The van der Waals surface area contributed by atoms with Gasteiger partial charge in [-0.3, -0.25) is 4.79 Å². The van der Waals surface area contributed by atoms with Crippen LogP contribution in [0.15, 0.2) is 36.5 Å². The van der Waals surface area contributed by atoms with E-state index in [2.05, 4.69) is 43.5 Å². The summed E-state index contributed by atoms with van der Waals surface area (Å²) in [6, 6.07) is -0.995. The van der Waals surface area contributed by atoms with Crippen LogP contribution in [0.1, 0.15) is 290 Å². The van der Waals surface area contributed by atoms with Crippen LogP contribution in [0.4, 0.5) is 0 Å². The topological polar surface area (TPSA) is 169 Å². The van der Waals surface area contributed by atoms with E-state index in [9.17, 15) is 35.4 Å². The predicted molar refractivity (Wildman–Crippen MR) is 301 cm³/mol. The van der Waals surface area contributed by atoms with Gasteiger partial charge in [-0.1, -0.05) is 269 Å². The normalized spacial score (nSPS) is 19.8. The first-order valence-electron chi connectivity index (χ1n) is 30.8. The monoisotopic (exact) mass is 1020 g/mol. The van der Waals surface area contributed by atoms with Gasteiger partial charge >= 0.3 is 0 Å². The molecule has 0 bridgehead atoms. The molecule has 0 aromatic carbocycles. The third kappa shape index (κ3) is 39.7. The van der Waals surface area contributed by atoms with Gasteiger partial charge in [-0.25, -0.2) is 0 Å². The van der Waals surface area contributed by atoms with Gasteiger partial charge in [0, 0.05) is 0 Å². The van der Waals surface area contributed by atoms with Gasteiger partial charge in [-0.05, 0) is 57.8 Å². The molecular formula is C62H117NO9. The lowest BCUT2D eigenvalue weighted by molar-refractivity contribution is -0.302. The first-order valence-corrected chi connectivity index (χ1v) is 30.8. The summed E-state index contributed by atoms with van der Waals surface area (Å²) < 4.78 is 11.1. The molecule has 8 atom stereocenters. The maximum Gasteiger partial charge on any atom is 0.249 e. The molecule has 0 radical (unpaired) electrons. The van der Waals surface area contributed by atoms with Crippen LogP contribution in [0.25, 0.3) is 0 Å². The highest BCUT2D eigenvalue weighted by Crippen LogP contribution is 2.23. The molecular weight excluding hydrogens is 903 g/mol. The number of rotatable bonds is 53. The van der Waals surface area contributed by atoms with Crippen LogP contribution in [0.5, 0.6) is 0 Å². The molecule has 0 aromatic rings. The maximum atomic E-state index is 13.1. The summed E-state index contributed by atoms with van der Waals surface area (Å²) in [6.07, 6.45) is 57.3. The predicted octanol–water partition coefficient (Wildman–Crippen LogP) is 14.5. The van der Waals surface area contributed by atoms with Crippen LogP contribution in [0, 0.1) is 0 Å². The molecule has 0 aliphatic carbocycles. The van der Waals surface area contributed by atoms with Crippen molar-refractivity contribution >= 4 is 5.91 Å². The molecule has 0 spiro atoms. The second-order valence-corrected chi connectivity index (χ2v) is 21.6. The number of carbonyl (C=O) groups is 1. The zero-order valence-electron chi connectivity index (χ0n) is 46.8. The van der Waals surface area contributed by atoms with E-state index in [0.29, 0.717) is 19.3 Å². The van der Waals surface area contributed by atoms with Crippen molar-refractivity contribution < 1.29 is 44.9 Å². The Hall–Kier alpha value is -1.63. The summed E-state index contributed by atoms with van der Waals surface area (Å²) in [5.74, 6) is -0.624. The Kier molecular flexibility index (Phi) is 48.9. The van der Waals surface area contributed by atoms with Crippen LogP contribution in [-0.2, 0) is 14.3 Å². The zero-order chi connectivity index (χ0) is 52.4. The highest BCUT2D eigenvalue weighted by molar-refractivity contribution is 5.80. The average molecular weight is 1020 g/mol. The fraction of sp³-hybridized carbons (Fsp3) is 0.887. The Morgan fingerprint density at radius 1 is 0.472 bits per heavy atom. The van der Waals surface area contributed by atoms with Gasteiger partial charge in [0.1, 0.15) is 30.5 Å². The van der Waals surface area contributed by atoms with Gasteiger partial charge < -0.3 is 45.4 Å².